The Morgan fingerprint density at radius 1 is 1.38 bits per heavy atom. The molecule has 24 heavy (non-hydrogen) atoms. The Hall–Kier alpha value is -1.07. The Morgan fingerprint density at radius 2 is 1.96 bits per heavy atom. The van der Waals surface area contributed by atoms with Gasteiger partial charge >= 0.3 is 0 Å². The zero-order valence-electron chi connectivity index (χ0n) is 15.8. The molecular weight excluding hydrogens is 324 g/mol. The second kappa shape index (κ2) is 7.44. The van der Waals surface area contributed by atoms with Crippen LogP contribution in [0.25, 0.3) is 0 Å². The lowest BCUT2D eigenvalue weighted by Gasteiger charge is -2.30. The Bertz CT molecular complexity index is 572. The number of rotatable bonds is 6. The molecule has 0 saturated heterocycles. The maximum absolute atomic E-state index is 12.7. The van der Waals surface area contributed by atoms with Gasteiger partial charge in [-0.05, 0) is 58.9 Å². The van der Waals surface area contributed by atoms with Crippen molar-refractivity contribution in [2.75, 3.05) is 6.54 Å². The maximum Gasteiger partial charge on any atom is 0.272 e. The highest BCUT2D eigenvalue weighted by Crippen LogP contribution is 2.41. The summed E-state index contributed by atoms with van der Waals surface area (Å²) in [6.45, 7) is 13.1. The molecule has 1 amide bonds. The lowest BCUT2D eigenvalue weighted by molar-refractivity contribution is 0.0891. The van der Waals surface area contributed by atoms with Gasteiger partial charge < -0.3 is 11.1 Å². The number of aromatic nitrogens is 2. The summed E-state index contributed by atoms with van der Waals surface area (Å²) in [7, 11) is 0. The fraction of sp³-hybridized carbons (Fsp3) is 0.778. The number of hydrogen-bond donors (Lipinski definition) is 2. The van der Waals surface area contributed by atoms with Crippen molar-refractivity contribution in [3.05, 3.63) is 17.5 Å². The molecule has 1 saturated carbocycles. The van der Waals surface area contributed by atoms with Crippen molar-refractivity contribution in [2.45, 2.75) is 77.8 Å². The van der Waals surface area contributed by atoms with Gasteiger partial charge in [0.05, 0.1) is 11.1 Å². The van der Waals surface area contributed by atoms with Crippen LogP contribution in [0, 0.1) is 5.92 Å². The molecule has 1 aliphatic rings. The van der Waals surface area contributed by atoms with Gasteiger partial charge in [-0.1, -0.05) is 13.8 Å². The molecule has 138 valence electrons. The SMILES string of the molecule is CC(C)CC(C)(CN)NC(=O)c1cc(C2CC2)n(C(C)(C)C)n1.Cl. The monoisotopic (exact) mass is 356 g/mol. The van der Waals surface area contributed by atoms with Crippen LogP contribution in [0.1, 0.15) is 82.9 Å². The average Bonchev–Trinajstić information content (AvgIpc) is 3.14. The number of hydrogen-bond acceptors (Lipinski definition) is 3. The molecule has 1 fully saturated rings. The maximum atomic E-state index is 12.7. The summed E-state index contributed by atoms with van der Waals surface area (Å²) in [6, 6.07) is 1.96. The van der Waals surface area contributed by atoms with Crippen LogP contribution in [-0.2, 0) is 5.54 Å². The minimum Gasteiger partial charge on any atom is -0.344 e. The van der Waals surface area contributed by atoms with Crippen LogP contribution in [0.3, 0.4) is 0 Å². The molecule has 0 aliphatic heterocycles. The van der Waals surface area contributed by atoms with Crippen LogP contribution in [-0.4, -0.2) is 27.8 Å². The van der Waals surface area contributed by atoms with E-state index in [2.05, 4.69) is 45.0 Å². The predicted octanol–water partition coefficient (Wildman–Crippen LogP) is 3.43. The summed E-state index contributed by atoms with van der Waals surface area (Å²) < 4.78 is 2.02. The van der Waals surface area contributed by atoms with Gasteiger partial charge in [0.15, 0.2) is 0 Å². The van der Waals surface area contributed by atoms with E-state index >= 15 is 0 Å². The minimum absolute atomic E-state index is 0. The molecule has 1 atom stereocenters. The van der Waals surface area contributed by atoms with Crippen LogP contribution in [0.4, 0.5) is 0 Å². The molecular formula is C18H33ClN4O. The molecule has 6 heteroatoms. The van der Waals surface area contributed by atoms with Gasteiger partial charge in [0.1, 0.15) is 5.69 Å². The van der Waals surface area contributed by atoms with E-state index in [4.69, 9.17) is 5.73 Å². The number of nitrogens with zero attached hydrogens (tertiary/aromatic N) is 2. The number of amides is 1. The molecule has 0 radical (unpaired) electrons. The van der Waals surface area contributed by atoms with Gasteiger partial charge in [0, 0.05) is 18.2 Å². The lowest BCUT2D eigenvalue weighted by Crippen LogP contribution is -2.52. The first-order chi connectivity index (χ1) is 10.6. The normalized spacial score (nSPS) is 17.3. The van der Waals surface area contributed by atoms with Crippen LogP contribution < -0.4 is 11.1 Å². The van der Waals surface area contributed by atoms with Crippen LogP contribution >= 0.6 is 12.4 Å². The summed E-state index contributed by atoms with van der Waals surface area (Å²) >= 11 is 0. The molecule has 1 unspecified atom stereocenters. The number of carbonyl (C=O) groups excluding carboxylic acids is 1. The van der Waals surface area contributed by atoms with Gasteiger partial charge in [-0.25, -0.2) is 0 Å². The van der Waals surface area contributed by atoms with Crippen molar-refractivity contribution in [2.24, 2.45) is 11.7 Å². The van der Waals surface area contributed by atoms with E-state index in [-0.39, 0.29) is 23.9 Å². The third kappa shape index (κ3) is 4.96. The summed E-state index contributed by atoms with van der Waals surface area (Å²) in [6.07, 6.45) is 3.23. The van der Waals surface area contributed by atoms with E-state index in [0.717, 1.165) is 6.42 Å². The zero-order chi connectivity index (χ0) is 17.4. The van der Waals surface area contributed by atoms with Gasteiger partial charge in [-0.2, -0.15) is 5.10 Å². The van der Waals surface area contributed by atoms with Crippen LogP contribution in [0.15, 0.2) is 6.07 Å². The molecule has 1 aliphatic carbocycles. The van der Waals surface area contributed by atoms with E-state index < -0.39 is 5.54 Å². The third-order valence-corrected chi connectivity index (χ3v) is 4.33. The zero-order valence-corrected chi connectivity index (χ0v) is 16.7. The topological polar surface area (TPSA) is 72.9 Å². The van der Waals surface area contributed by atoms with E-state index in [0.29, 0.717) is 24.1 Å². The Kier molecular flexibility index (Phi) is 6.50. The first-order valence-electron chi connectivity index (χ1n) is 8.69. The van der Waals surface area contributed by atoms with Gasteiger partial charge in [0.2, 0.25) is 0 Å². The second-order valence-corrected chi connectivity index (χ2v) is 8.63. The first kappa shape index (κ1) is 21.0. The van der Waals surface area contributed by atoms with Crippen molar-refractivity contribution >= 4 is 18.3 Å². The summed E-state index contributed by atoms with van der Waals surface area (Å²) in [5.74, 6) is 0.904. The quantitative estimate of drug-likeness (QED) is 0.820. The average molecular weight is 357 g/mol. The molecule has 1 aromatic rings. The largest absolute Gasteiger partial charge is 0.344 e. The van der Waals surface area contributed by atoms with Gasteiger partial charge in [-0.3, -0.25) is 9.48 Å². The number of nitrogens with two attached hydrogens (primary N) is 1. The molecule has 3 N–H and O–H groups in total. The highest BCUT2D eigenvalue weighted by molar-refractivity contribution is 5.93. The highest BCUT2D eigenvalue weighted by atomic mass is 35.5. The summed E-state index contributed by atoms with van der Waals surface area (Å²) in [5, 5.41) is 7.71. The van der Waals surface area contributed by atoms with Gasteiger partial charge in [0.25, 0.3) is 5.91 Å². The first-order valence-corrected chi connectivity index (χ1v) is 8.69. The molecule has 1 aromatic heterocycles. The van der Waals surface area contributed by atoms with Crippen molar-refractivity contribution < 1.29 is 4.79 Å². The number of nitrogens with one attached hydrogen (secondary N) is 1. The van der Waals surface area contributed by atoms with E-state index in [1.54, 1.807) is 0 Å². The van der Waals surface area contributed by atoms with E-state index in [1.165, 1.54) is 18.5 Å². The van der Waals surface area contributed by atoms with Crippen molar-refractivity contribution in [3.63, 3.8) is 0 Å². The fourth-order valence-electron chi connectivity index (χ4n) is 3.14. The van der Waals surface area contributed by atoms with Crippen LogP contribution in [0.2, 0.25) is 0 Å². The molecule has 0 aromatic carbocycles. The lowest BCUT2D eigenvalue weighted by atomic mass is 9.90. The number of carbonyl (C=O) groups is 1. The summed E-state index contributed by atoms with van der Waals surface area (Å²) in [4.78, 5) is 12.7. The fourth-order valence-corrected chi connectivity index (χ4v) is 3.14. The smallest absolute Gasteiger partial charge is 0.272 e. The van der Waals surface area contributed by atoms with Crippen molar-refractivity contribution in [1.82, 2.24) is 15.1 Å². The Morgan fingerprint density at radius 3 is 2.38 bits per heavy atom. The molecule has 0 bridgehead atoms. The molecule has 1 heterocycles. The van der Waals surface area contributed by atoms with E-state index in [9.17, 15) is 4.79 Å². The van der Waals surface area contributed by atoms with E-state index in [1.807, 2.05) is 17.7 Å². The Balaban J connectivity index is 0.00000288. The van der Waals surface area contributed by atoms with Crippen LogP contribution in [0.5, 0.6) is 0 Å². The second-order valence-electron chi connectivity index (χ2n) is 8.63. The minimum atomic E-state index is -0.392. The highest BCUT2D eigenvalue weighted by Gasteiger charge is 2.34. The predicted molar refractivity (Wildman–Crippen MR) is 101 cm³/mol. The Labute approximate surface area is 152 Å². The molecule has 0 spiro atoms. The standard InChI is InChI=1S/C18H32N4O.ClH/c1-12(2)10-18(6,11-19)20-16(23)14-9-15(13-7-8-13)22(21-14)17(3,4)5;/h9,12-13H,7-8,10-11,19H2,1-6H3,(H,20,23);1H. The van der Waals surface area contributed by atoms with Crippen molar-refractivity contribution in [3.8, 4) is 0 Å². The van der Waals surface area contributed by atoms with Gasteiger partial charge in [-0.15, -0.1) is 12.4 Å². The third-order valence-electron chi connectivity index (χ3n) is 4.33. The molecule has 5 nitrogen and oxygen atoms in total. The molecule has 2 rings (SSSR count). The number of halogens is 1. The van der Waals surface area contributed by atoms with Crippen molar-refractivity contribution in [1.29, 1.82) is 0 Å². The summed E-state index contributed by atoms with van der Waals surface area (Å²) in [5.41, 5.74) is 7.08.